The first kappa shape index (κ1) is 14.0. The Morgan fingerprint density at radius 1 is 1.47 bits per heavy atom. The second kappa shape index (κ2) is 6.16. The monoisotopic (exact) mass is 265 g/mol. The molecule has 0 saturated heterocycles. The molecule has 106 valence electrons. The fraction of sp³-hybridized carbons (Fsp3) is 0.692. The lowest BCUT2D eigenvalue weighted by atomic mass is 10.3. The Morgan fingerprint density at radius 3 is 2.74 bits per heavy atom. The van der Waals surface area contributed by atoms with E-state index in [4.69, 9.17) is 10.6 Å². The minimum Gasteiger partial charge on any atom is -0.383 e. The van der Waals surface area contributed by atoms with Gasteiger partial charge in [-0.15, -0.1) is 0 Å². The number of nitrogens with one attached hydrogen (secondary N) is 1. The van der Waals surface area contributed by atoms with Gasteiger partial charge in [0.15, 0.2) is 0 Å². The molecular weight excluding hydrogens is 242 g/mol. The van der Waals surface area contributed by atoms with Crippen molar-refractivity contribution in [3.8, 4) is 0 Å². The number of ether oxygens (including phenoxy) is 1. The van der Waals surface area contributed by atoms with Crippen molar-refractivity contribution in [1.82, 2.24) is 9.97 Å². The van der Waals surface area contributed by atoms with Crippen LogP contribution in [0.25, 0.3) is 0 Å². The van der Waals surface area contributed by atoms with Gasteiger partial charge in [-0.2, -0.15) is 0 Å². The van der Waals surface area contributed by atoms with E-state index in [0.717, 1.165) is 18.2 Å². The first-order valence-corrected chi connectivity index (χ1v) is 6.77. The molecule has 1 heterocycles. The van der Waals surface area contributed by atoms with Crippen LogP contribution in [0, 0.1) is 0 Å². The van der Waals surface area contributed by atoms with Crippen LogP contribution in [-0.2, 0) is 4.74 Å². The summed E-state index contributed by atoms with van der Waals surface area (Å²) in [6, 6.07) is 2.24. The molecule has 0 bridgehead atoms. The summed E-state index contributed by atoms with van der Waals surface area (Å²) in [6.07, 6.45) is 2.35. The maximum absolute atomic E-state index is 5.50. The quantitative estimate of drug-likeness (QED) is 0.575. The van der Waals surface area contributed by atoms with Crippen molar-refractivity contribution in [2.45, 2.75) is 38.6 Å². The standard InChI is InChI=1S/C13H23N5O/c1-9(2)18(6-7-19-3)12-8-11(17-14)15-13(16-12)10-4-5-10/h8-10H,4-7,14H2,1-3H3,(H,15,16,17). The highest BCUT2D eigenvalue weighted by molar-refractivity contribution is 5.50. The third-order valence-corrected chi connectivity index (χ3v) is 3.27. The molecule has 6 heteroatoms. The van der Waals surface area contributed by atoms with Crippen molar-refractivity contribution in [1.29, 1.82) is 0 Å². The fourth-order valence-corrected chi connectivity index (χ4v) is 2.02. The molecule has 1 aliphatic rings. The largest absolute Gasteiger partial charge is 0.383 e. The molecule has 1 aliphatic carbocycles. The summed E-state index contributed by atoms with van der Waals surface area (Å²) < 4.78 is 5.17. The molecule has 1 fully saturated rings. The van der Waals surface area contributed by atoms with E-state index in [1.165, 1.54) is 12.8 Å². The molecule has 0 amide bonds. The van der Waals surface area contributed by atoms with Crippen LogP contribution in [0.5, 0.6) is 0 Å². The molecular formula is C13H23N5O. The minimum absolute atomic E-state index is 0.350. The van der Waals surface area contributed by atoms with Gasteiger partial charge in [-0.25, -0.2) is 15.8 Å². The predicted molar refractivity (Wildman–Crippen MR) is 76.2 cm³/mol. The predicted octanol–water partition coefficient (Wildman–Crippen LogP) is 1.50. The normalized spacial score (nSPS) is 14.8. The molecule has 0 unspecified atom stereocenters. The molecule has 0 atom stereocenters. The number of hydrogen-bond acceptors (Lipinski definition) is 6. The first-order chi connectivity index (χ1) is 9.15. The molecule has 1 saturated carbocycles. The van der Waals surface area contributed by atoms with Crippen molar-refractivity contribution in [2.75, 3.05) is 30.6 Å². The van der Waals surface area contributed by atoms with Crippen molar-refractivity contribution in [3.63, 3.8) is 0 Å². The summed E-state index contributed by atoms with van der Waals surface area (Å²) >= 11 is 0. The smallest absolute Gasteiger partial charge is 0.145 e. The molecule has 19 heavy (non-hydrogen) atoms. The number of nitrogens with zero attached hydrogens (tertiary/aromatic N) is 3. The van der Waals surface area contributed by atoms with Gasteiger partial charge in [0, 0.05) is 31.7 Å². The lowest BCUT2D eigenvalue weighted by Crippen LogP contribution is -2.35. The second-order valence-corrected chi connectivity index (χ2v) is 5.17. The fourth-order valence-electron chi connectivity index (χ4n) is 2.02. The van der Waals surface area contributed by atoms with Gasteiger partial charge in [0.1, 0.15) is 17.5 Å². The Kier molecular flexibility index (Phi) is 4.55. The average molecular weight is 265 g/mol. The third kappa shape index (κ3) is 3.54. The average Bonchev–Trinajstić information content (AvgIpc) is 3.22. The zero-order valence-corrected chi connectivity index (χ0v) is 11.9. The van der Waals surface area contributed by atoms with Crippen LogP contribution in [0.3, 0.4) is 0 Å². The van der Waals surface area contributed by atoms with Gasteiger partial charge in [-0.1, -0.05) is 0 Å². The van der Waals surface area contributed by atoms with E-state index in [2.05, 4.69) is 34.1 Å². The van der Waals surface area contributed by atoms with E-state index in [0.29, 0.717) is 24.4 Å². The van der Waals surface area contributed by atoms with Crippen molar-refractivity contribution < 1.29 is 4.74 Å². The summed E-state index contributed by atoms with van der Waals surface area (Å²) in [4.78, 5) is 11.3. The Morgan fingerprint density at radius 2 is 2.21 bits per heavy atom. The molecule has 2 rings (SSSR count). The molecule has 0 aromatic carbocycles. The Bertz CT molecular complexity index is 419. The topological polar surface area (TPSA) is 76.3 Å². The van der Waals surface area contributed by atoms with Crippen LogP contribution in [0.2, 0.25) is 0 Å². The van der Waals surface area contributed by atoms with Gasteiger partial charge in [-0.05, 0) is 26.7 Å². The summed E-state index contributed by atoms with van der Waals surface area (Å²) in [5.41, 5.74) is 2.63. The van der Waals surface area contributed by atoms with Crippen LogP contribution in [0.15, 0.2) is 6.07 Å². The molecule has 0 radical (unpaired) electrons. The van der Waals surface area contributed by atoms with E-state index in [1.807, 2.05) is 6.07 Å². The summed E-state index contributed by atoms with van der Waals surface area (Å²) in [6.45, 7) is 5.76. The zero-order valence-electron chi connectivity index (χ0n) is 11.9. The lowest BCUT2D eigenvalue weighted by molar-refractivity contribution is 0.203. The summed E-state index contributed by atoms with van der Waals surface area (Å²) in [5.74, 6) is 8.49. The van der Waals surface area contributed by atoms with Gasteiger partial charge >= 0.3 is 0 Å². The third-order valence-electron chi connectivity index (χ3n) is 3.27. The zero-order chi connectivity index (χ0) is 13.8. The molecule has 6 nitrogen and oxygen atoms in total. The highest BCUT2D eigenvalue weighted by Crippen LogP contribution is 2.39. The van der Waals surface area contributed by atoms with E-state index in [1.54, 1.807) is 7.11 Å². The number of rotatable bonds is 7. The van der Waals surface area contributed by atoms with Crippen molar-refractivity contribution in [3.05, 3.63) is 11.9 Å². The van der Waals surface area contributed by atoms with Crippen LogP contribution in [0.4, 0.5) is 11.6 Å². The Labute approximate surface area is 114 Å². The number of nitrogen functional groups attached to an aromatic ring is 1. The first-order valence-electron chi connectivity index (χ1n) is 6.77. The van der Waals surface area contributed by atoms with E-state index >= 15 is 0 Å². The Hall–Kier alpha value is -1.40. The number of methoxy groups -OCH3 is 1. The maximum atomic E-state index is 5.50. The number of nitrogens with two attached hydrogens (primary N) is 1. The van der Waals surface area contributed by atoms with E-state index in [-0.39, 0.29) is 0 Å². The van der Waals surface area contributed by atoms with Crippen LogP contribution < -0.4 is 16.2 Å². The second-order valence-electron chi connectivity index (χ2n) is 5.17. The van der Waals surface area contributed by atoms with Crippen molar-refractivity contribution >= 4 is 11.6 Å². The summed E-state index contributed by atoms with van der Waals surface area (Å²) in [5, 5.41) is 0. The number of hydrogen-bond donors (Lipinski definition) is 2. The van der Waals surface area contributed by atoms with Crippen molar-refractivity contribution in [2.24, 2.45) is 5.84 Å². The summed E-state index contributed by atoms with van der Waals surface area (Å²) in [7, 11) is 1.71. The van der Waals surface area contributed by atoms with Gasteiger partial charge in [0.25, 0.3) is 0 Å². The molecule has 0 spiro atoms. The number of aromatic nitrogens is 2. The minimum atomic E-state index is 0.350. The molecule has 1 aromatic rings. The molecule has 1 aromatic heterocycles. The number of anilines is 2. The van der Waals surface area contributed by atoms with Crippen LogP contribution in [-0.4, -0.2) is 36.3 Å². The SMILES string of the molecule is COCCN(c1cc(NN)nc(C2CC2)n1)C(C)C. The molecule has 0 aliphatic heterocycles. The highest BCUT2D eigenvalue weighted by Gasteiger charge is 2.28. The van der Waals surface area contributed by atoms with Gasteiger partial charge in [0.05, 0.1) is 6.61 Å². The maximum Gasteiger partial charge on any atom is 0.145 e. The Balaban J connectivity index is 2.26. The van der Waals surface area contributed by atoms with Gasteiger partial charge < -0.3 is 15.1 Å². The lowest BCUT2D eigenvalue weighted by Gasteiger charge is -2.28. The van der Waals surface area contributed by atoms with E-state index < -0.39 is 0 Å². The highest BCUT2D eigenvalue weighted by atomic mass is 16.5. The van der Waals surface area contributed by atoms with Gasteiger partial charge in [0.2, 0.25) is 0 Å². The molecule has 3 N–H and O–H groups in total. The van der Waals surface area contributed by atoms with Crippen LogP contribution >= 0.6 is 0 Å². The number of hydrazine groups is 1. The van der Waals surface area contributed by atoms with E-state index in [9.17, 15) is 0 Å². The van der Waals surface area contributed by atoms with Crippen LogP contribution in [0.1, 0.15) is 38.4 Å². The van der Waals surface area contributed by atoms with Gasteiger partial charge in [-0.3, -0.25) is 0 Å².